The van der Waals surface area contributed by atoms with Crippen molar-refractivity contribution in [3.63, 3.8) is 0 Å². The highest BCUT2D eigenvalue weighted by Crippen LogP contribution is 2.15. The second-order valence-electron chi connectivity index (χ2n) is 8.06. The molecule has 8 nitrogen and oxygen atoms in total. The van der Waals surface area contributed by atoms with Gasteiger partial charge in [0.05, 0.1) is 19.3 Å². The second-order valence-corrected chi connectivity index (χ2v) is 8.06. The van der Waals surface area contributed by atoms with E-state index in [9.17, 15) is 9.59 Å². The first kappa shape index (κ1) is 24.7. The van der Waals surface area contributed by atoms with Crippen molar-refractivity contribution in [3.8, 4) is 0 Å². The smallest absolute Gasteiger partial charge is 0.410 e. The van der Waals surface area contributed by atoms with Gasteiger partial charge in [-0.2, -0.15) is 0 Å². The molecule has 0 aromatic heterocycles. The summed E-state index contributed by atoms with van der Waals surface area (Å²) in [6.45, 7) is 12.6. The molecular weight excluding hydrogens is 362 g/mol. The number of hydrogen-bond acceptors (Lipinski definition) is 6. The predicted molar refractivity (Wildman–Crippen MR) is 108 cm³/mol. The van der Waals surface area contributed by atoms with Crippen molar-refractivity contribution in [2.75, 3.05) is 59.7 Å². The Morgan fingerprint density at radius 1 is 1.07 bits per heavy atom. The Balaban J connectivity index is 2.39. The zero-order chi connectivity index (χ0) is 21.0. The van der Waals surface area contributed by atoms with E-state index in [4.69, 9.17) is 14.2 Å². The number of rotatable bonds is 11. The molecule has 0 aromatic carbocycles. The molecule has 0 radical (unpaired) electrons. The van der Waals surface area contributed by atoms with Crippen LogP contribution in [0.5, 0.6) is 0 Å². The van der Waals surface area contributed by atoms with Gasteiger partial charge in [0.15, 0.2) is 0 Å². The zero-order valence-corrected chi connectivity index (χ0v) is 18.3. The number of nitrogens with zero attached hydrogens (tertiary/aromatic N) is 2. The monoisotopic (exact) mass is 401 g/mol. The highest BCUT2D eigenvalue weighted by atomic mass is 16.6. The fourth-order valence-electron chi connectivity index (χ4n) is 3.04. The molecule has 0 aromatic rings. The summed E-state index contributed by atoms with van der Waals surface area (Å²) in [5.74, 6) is 0.0597. The topological polar surface area (TPSA) is 80.3 Å². The average molecular weight is 402 g/mol. The third-order valence-electron chi connectivity index (χ3n) is 4.47. The molecule has 1 aliphatic heterocycles. The summed E-state index contributed by atoms with van der Waals surface area (Å²) < 4.78 is 15.8. The van der Waals surface area contributed by atoms with Gasteiger partial charge in [-0.15, -0.1) is 0 Å². The first-order chi connectivity index (χ1) is 13.3. The standard InChI is InChI=1S/C20H39N3O5/c1-6-8-17(18(24)21-9-7-14-27-16-15-26-5)22-10-12-23(13-11-22)19(25)28-20(2,3)4/h17H,6-16H2,1-5H3,(H,21,24)/t17-/m1/s1. The number of nitrogens with one attached hydrogen (secondary N) is 1. The van der Waals surface area contributed by atoms with Crippen LogP contribution in [0.3, 0.4) is 0 Å². The van der Waals surface area contributed by atoms with Gasteiger partial charge in [-0.05, 0) is 33.6 Å². The maximum absolute atomic E-state index is 12.7. The molecule has 0 saturated carbocycles. The minimum absolute atomic E-state index is 0.0597. The second kappa shape index (κ2) is 13.0. The van der Waals surface area contributed by atoms with Crippen LogP contribution in [-0.2, 0) is 19.0 Å². The normalized spacial score (nSPS) is 16.7. The largest absolute Gasteiger partial charge is 0.444 e. The number of ether oxygens (including phenoxy) is 3. The SMILES string of the molecule is CCC[C@H](C(=O)NCCCOCCOC)N1CCN(C(=O)OC(C)(C)C)CC1. The molecule has 1 rings (SSSR count). The third-order valence-corrected chi connectivity index (χ3v) is 4.47. The molecule has 1 N–H and O–H groups in total. The predicted octanol–water partition coefficient (Wildman–Crippen LogP) is 1.88. The van der Waals surface area contributed by atoms with E-state index in [1.54, 1.807) is 12.0 Å². The molecule has 164 valence electrons. The van der Waals surface area contributed by atoms with Gasteiger partial charge in [0, 0.05) is 46.4 Å². The maximum Gasteiger partial charge on any atom is 0.410 e. The quantitative estimate of drug-likeness (QED) is 0.533. The van der Waals surface area contributed by atoms with Crippen molar-refractivity contribution in [2.24, 2.45) is 0 Å². The average Bonchev–Trinajstić information content (AvgIpc) is 2.64. The summed E-state index contributed by atoms with van der Waals surface area (Å²) in [7, 11) is 1.64. The first-order valence-electron chi connectivity index (χ1n) is 10.3. The molecule has 0 spiro atoms. The Labute approximate surface area is 169 Å². The van der Waals surface area contributed by atoms with Crippen molar-refractivity contribution in [1.82, 2.24) is 15.1 Å². The van der Waals surface area contributed by atoms with E-state index in [1.165, 1.54) is 0 Å². The Kier molecular flexibility index (Phi) is 11.4. The van der Waals surface area contributed by atoms with Gasteiger partial charge in [0.2, 0.25) is 5.91 Å². The van der Waals surface area contributed by atoms with Gasteiger partial charge in [-0.3, -0.25) is 9.69 Å². The molecule has 1 heterocycles. The summed E-state index contributed by atoms with van der Waals surface area (Å²) in [6.07, 6.45) is 2.24. The van der Waals surface area contributed by atoms with Gasteiger partial charge in [0.25, 0.3) is 0 Å². The van der Waals surface area contributed by atoms with Crippen molar-refractivity contribution >= 4 is 12.0 Å². The molecule has 1 aliphatic rings. The molecule has 2 amide bonds. The molecule has 0 aliphatic carbocycles. The van der Waals surface area contributed by atoms with E-state index in [2.05, 4.69) is 17.1 Å². The molecular formula is C20H39N3O5. The summed E-state index contributed by atoms with van der Waals surface area (Å²) in [4.78, 5) is 28.8. The van der Waals surface area contributed by atoms with Crippen molar-refractivity contribution < 1.29 is 23.8 Å². The summed E-state index contributed by atoms with van der Waals surface area (Å²) in [5, 5.41) is 3.02. The van der Waals surface area contributed by atoms with E-state index in [1.807, 2.05) is 20.8 Å². The van der Waals surface area contributed by atoms with Crippen LogP contribution in [0.25, 0.3) is 0 Å². The van der Waals surface area contributed by atoms with Crippen molar-refractivity contribution in [2.45, 2.75) is 58.6 Å². The Bertz CT molecular complexity index is 459. The van der Waals surface area contributed by atoms with Crippen LogP contribution in [0.1, 0.15) is 47.0 Å². The molecule has 0 unspecified atom stereocenters. The van der Waals surface area contributed by atoms with Crippen molar-refractivity contribution in [1.29, 1.82) is 0 Å². The highest BCUT2D eigenvalue weighted by molar-refractivity contribution is 5.81. The lowest BCUT2D eigenvalue weighted by atomic mass is 10.1. The minimum Gasteiger partial charge on any atom is -0.444 e. The van der Waals surface area contributed by atoms with Crippen LogP contribution >= 0.6 is 0 Å². The Morgan fingerprint density at radius 3 is 2.32 bits per heavy atom. The molecule has 0 bridgehead atoms. The van der Waals surface area contributed by atoms with Gasteiger partial charge in [0.1, 0.15) is 5.60 Å². The van der Waals surface area contributed by atoms with Gasteiger partial charge >= 0.3 is 6.09 Å². The summed E-state index contributed by atoms with van der Waals surface area (Å²) in [5.41, 5.74) is -0.494. The number of carbonyl (C=O) groups is 2. The van der Waals surface area contributed by atoms with Crippen molar-refractivity contribution in [3.05, 3.63) is 0 Å². The lowest BCUT2D eigenvalue weighted by molar-refractivity contribution is -0.127. The molecule has 28 heavy (non-hydrogen) atoms. The summed E-state index contributed by atoms with van der Waals surface area (Å²) >= 11 is 0. The van der Waals surface area contributed by atoms with Crippen LogP contribution in [0.2, 0.25) is 0 Å². The van der Waals surface area contributed by atoms with E-state index in [-0.39, 0.29) is 18.0 Å². The fraction of sp³-hybridized carbons (Fsp3) is 0.900. The Morgan fingerprint density at radius 2 is 1.75 bits per heavy atom. The number of piperazine rings is 1. The van der Waals surface area contributed by atoms with E-state index in [0.29, 0.717) is 52.5 Å². The minimum atomic E-state index is -0.494. The highest BCUT2D eigenvalue weighted by Gasteiger charge is 2.31. The zero-order valence-electron chi connectivity index (χ0n) is 18.3. The van der Waals surface area contributed by atoms with Crippen LogP contribution < -0.4 is 5.32 Å². The maximum atomic E-state index is 12.7. The van der Waals surface area contributed by atoms with E-state index >= 15 is 0 Å². The molecule has 1 fully saturated rings. The molecule has 1 saturated heterocycles. The van der Waals surface area contributed by atoms with Crippen LogP contribution in [0.4, 0.5) is 4.79 Å². The molecule has 1 atom stereocenters. The number of carbonyl (C=O) groups excluding carboxylic acids is 2. The van der Waals surface area contributed by atoms with E-state index in [0.717, 1.165) is 19.3 Å². The van der Waals surface area contributed by atoms with E-state index < -0.39 is 5.60 Å². The van der Waals surface area contributed by atoms with Gasteiger partial charge in [-0.1, -0.05) is 13.3 Å². The lowest BCUT2D eigenvalue weighted by Crippen LogP contribution is -2.56. The fourth-order valence-corrected chi connectivity index (χ4v) is 3.04. The van der Waals surface area contributed by atoms with Crippen LogP contribution in [0, 0.1) is 0 Å². The van der Waals surface area contributed by atoms with Crippen LogP contribution in [0.15, 0.2) is 0 Å². The first-order valence-corrected chi connectivity index (χ1v) is 10.3. The third kappa shape index (κ3) is 9.71. The summed E-state index contributed by atoms with van der Waals surface area (Å²) in [6, 6.07) is -0.153. The number of amides is 2. The molecule has 8 heteroatoms. The van der Waals surface area contributed by atoms with Gasteiger partial charge < -0.3 is 24.4 Å². The number of hydrogen-bond donors (Lipinski definition) is 1. The van der Waals surface area contributed by atoms with Crippen LogP contribution in [-0.4, -0.2) is 93.1 Å². The lowest BCUT2D eigenvalue weighted by Gasteiger charge is -2.39. The van der Waals surface area contributed by atoms with Gasteiger partial charge in [-0.25, -0.2) is 4.79 Å². The number of methoxy groups -OCH3 is 1. The Hall–Kier alpha value is -1.38.